The Labute approximate surface area is 94.4 Å². The molecule has 3 heteroatoms. The van der Waals surface area contributed by atoms with E-state index in [0.29, 0.717) is 0 Å². The molecule has 2 aliphatic rings. The van der Waals surface area contributed by atoms with Gasteiger partial charge in [0.1, 0.15) is 17.5 Å². The largest absolute Gasteiger partial charge is 0.484 e. The minimum Gasteiger partial charge on any atom is -0.484 e. The number of ether oxygens (including phenoxy) is 2. The molecule has 3 rings (SSSR count). The SMILES string of the molecule is CC(=O)C12OC1c1ccccc1OC2(C)C. The van der Waals surface area contributed by atoms with Crippen molar-refractivity contribution in [3.8, 4) is 5.75 Å². The first kappa shape index (κ1) is 9.85. The van der Waals surface area contributed by atoms with Crippen molar-refractivity contribution in [2.45, 2.75) is 38.1 Å². The summed E-state index contributed by atoms with van der Waals surface area (Å²) >= 11 is 0. The molecule has 1 aromatic carbocycles. The second kappa shape index (κ2) is 2.66. The minimum absolute atomic E-state index is 0.0389. The van der Waals surface area contributed by atoms with Gasteiger partial charge < -0.3 is 9.47 Å². The Hall–Kier alpha value is -1.35. The highest BCUT2D eigenvalue weighted by Gasteiger charge is 2.73. The first-order valence-corrected chi connectivity index (χ1v) is 5.46. The van der Waals surface area contributed by atoms with Crippen LogP contribution in [0.15, 0.2) is 24.3 Å². The molecule has 0 saturated carbocycles. The Morgan fingerprint density at radius 3 is 2.69 bits per heavy atom. The number of fused-ring (bicyclic) bond motifs is 3. The Morgan fingerprint density at radius 1 is 1.31 bits per heavy atom. The van der Waals surface area contributed by atoms with Gasteiger partial charge in [0.05, 0.1) is 0 Å². The Bertz CT molecular complexity index is 478. The van der Waals surface area contributed by atoms with Gasteiger partial charge in [0, 0.05) is 5.56 Å². The molecule has 0 N–H and O–H groups in total. The predicted octanol–water partition coefficient (Wildman–Crippen LogP) is 2.26. The lowest BCUT2D eigenvalue weighted by molar-refractivity contribution is -0.129. The Balaban J connectivity index is 2.16. The van der Waals surface area contributed by atoms with E-state index in [2.05, 4.69) is 0 Å². The molecule has 1 saturated heterocycles. The third-order valence-electron chi connectivity index (χ3n) is 3.60. The predicted molar refractivity (Wildman–Crippen MR) is 58.4 cm³/mol. The number of Topliss-reactive ketones (excluding diaryl/α,β-unsaturated/α-hetero) is 1. The fraction of sp³-hybridized carbons (Fsp3) is 0.462. The van der Waals surface area contributed by atoms with Crippen LogP contribution in [0.2, 0.25) is 0 Å². The van der Waals surface area contributed by atoms with Gasteiger partial charge in [-0.25, -0.2) is 0 Å². The number of epoxide rings is 1. The van der Waals surface area contributed by atoms with Crippen molar-refractivity contribution in [3.63, 3.8) is 0 Å². The second-order valence-electron chi connectivity index (χ2n) is 4.94. The number of ketones is 1. The maximum atomic E-state index is 11.8. The van der Waals surface area contributed by atoms with Crippen LogP contribution in [0.25, 0.3) is 0 Å². The fourth-order valence-corrected chi connectivity index (χ4v) is 2.72. The number of hydrogen-bond donors (Lipinski definition) is 0. The van der Waals surface area contributed by atoms with Gasteiger partial charge in [-0.1, -0.05) is 18.2 Å². The van der Waals surface area contributed by atoms with E-state index >= 15 is 0 Å². The number of carbonyl (C=O) groups excluding carboxylic acids is 1. The second-order valence-corrected chi connectivity index (χ2v) is 4.94. The van der Waals surface area contributed by atoms with Crippen LogP contribution in [0.5, 0.6) is 5.75 Å². The van der Waals surface area contributed by atoms with E-state index in [1.165, 1.54) is 0 Å². The molecule has 2 atom stereocenters. The summed E-state index contributed by atoms with van der Waals surface area (Å²) < 4.78 is 11.6. The molecule has 0 radical (unpaired) electrons. The molecule has 0 amide bonds. The van der Waals surface area contributed by atoms with E-state index in [4.69, 9.17) is 9.47 Å². The lowest BCUT2D eigenvalue weighted by Gasteiger charge is -2.35. The molecule has 0 spiro atoms. The van der Waals surface area contributed by atoms with E-state index in [0.717, 1.165) is 11.3 Å². The first-order valence-electron chi connectivity index (χ1n) is 5.46. The smallest absolute Gasteiger partial charge is 0.196 e. The van der Waals surface area contributed by atoms with Gasteiger partial charge in [-0.3, -0.25) is 4.79 Å². The van der Waals surface area contributed by atoms with Crippen LogP contribution in [0, 0.1) is 0 Å². The molecule has 0 aliphatic carbocycles. The van der Waals surface area contributed by atoms with Crippen LogP contribution in [-0.4, -0.2) is 17.0 Å². The van der Waals surface area contributed by atoms with Crippen LogP contribution >= 0.6 is 0 Å². The van der Waals surface area contributed by atoms with Gasteiger partial charge in [-0.05, 0) is 26.8 Å². The van der Waals surface area contributed by atoms with Gasteiger partial charge in [-0.15, -0.1) is 0 Å². The van der Waals surface area contributed by atoms with E-state index in [9.17, 15) is 4.79 Å². The zero-order valence-electron chi connectivity index (χ0n) is 9.61. The van der Waals surface area contributed by atoms with E-state index in [-0.39, 0.29) is 11.9 Å². The minimum atomic E-state index is -0.776. The highest BCUT2D eigenvalue weighted by Crippen LogP contribution is 2.62. The van der Waals surface area contributed by atoms with Crippen molar-refractivity contribution < 1.29 is 14.3 Å². The highest BCUT2D eigenvalue weighted by molar-refractivity contribution is 5.91. The lowest BCUT2D eigenvalue weighted by Crippen LogP contribution is -2.51. The monoisotopic (exact) mass is 218 g/mol. The van der Waals surface area contributed by atoms with Gasteiger partial charge in [-0.2, -0.15) is 0 Å². The normalized spacial score (nSPS) is 33.3. The first-order chi connectivity index (χ1) is 7.49. The van der Waals surface area contributed by atoms with Crippen LogP contribution in [0.3, 0.4) is 0 Å². The molecule has 2 unspecified atom stereocenters. The van der Waals surface area contributed by atoms with Crippen LogP contribution < -0.4 is 4.74 Å². The maximum Gasteiger partial charge on any atom is 0.196 e. The molecular weight excluding hydrogens is 204 g/mol. The summed E-state index contributed by atoms with van der Waals surface area (Å²) in [6, 6.07) is 7.74. The number of carbonyl (C=O) groups is 1. The number of benzene rings is 1. The van der Waals surface area contributed by atoms with Crippen molar-refractivity contribution >= 4 is 5.78 Å². The summed E-state index contributed by atoms with van der Waals surface area (Å²) in [6.07, 6.45) is -0.134. The molecule has 0 bridgehead atoms. The van der Waals surface area contributed by atoms with Crippen molar-refractivity contribution in [3.05, 3.63) is 29.8 Å². The summed E-state index contributed by atoms with van der Waals surface area (Å²) in [7, 11) is 0. The topological polar surface area (TPSA) is 38.8 Å². The Morgan fingerprint density at radius 2 is 2.00 bits per heavy atom. The summed E-state index contributed by atoms with van der Waals surface area (Å²) in [5.41, 5.74) is -0.392. The quantitative estimate of drug-likeness (QED) is 0.679. The molecule has 0 aromatic heterocycles. The number of hydrogen-bond acceptors (Lipinski definition) is 3. The number of para-hydroxylation sites is 1. The third kappa shape index (κ3) is 0.944. The van der Waals surface area contributed by atoms with Gasteiger partial charge in [0.25, 0.3) is 0 Å². The molecule has 84 valence electrons. The summed E-state index contributed by atoms with van der Waals surface area (Å²) in [6.45, 7) is 5.38. The van der Waals surface area contributed by atoms with Crippen molar-refractivity contribution in [2.75, 3.05) is 0 Å². The maximum absolute atomic E-state index is 11.8. The zero-order chi connectivity index (χ0) is 11.6. The summed E-state index contributed by atoms with van der Waals surface area (Å²) in [5, 5.41) is 0. The van der Waals surface area contributed by atoms with Gasteiger partial charge in [0.2, 0.25) is 0 Å². The summed E-state index contributed by atoms with van der Waals surface area (Å²) in [4.78, 5) is 11.8. The van der Waals surface area contributed by atoms with E-state index in [1.54, 1.807) is 6.92 Å². The van der Waals surface area contributed by atoms with Crippen LogP contribution in [0.1, 0.15) is 32.4 Å². The highest BCUT2D eigenvalue weighted by atomic mass is 16.7. The molecule has 1 aromatic rings. The molecular formula is C13H14O3. The molecule has 16 heavy (non-hydrogen) atoms. The van der Waals surface area contributed by atoms with Crippen LogP contribution in [0.4, 0.5) is 0 Å². The molecule has 2 aliphatic heterocycles. The van der Waals surface area contributed by atoms with E-state index < -0.39 is 11.2 Å². The van der Waals surface area contributed by atoms with Crippen LogP contribution in [-0.2, 0) is 9.53 Å². The molecule has 2 heterocycles. The molecule has 1 fully saturated rings. The number of rotatable bonds is 1. The zero-order valence-corrected chi connectivity index (χ0v) is 9.61. The van der Waals surface area contributed by atoms with Gasteiger partial charge >= 0.3 is 0 Å². The lowest BCUT2D eigenvalue weighted by atomic mass is 9.80. The fourth-order valence-electron chi connectivity index (χ4n) is 2.72. The summed E-state index contributed by atoms with van der Waals surface area (Å²) in [5.74, 6) is 0.865. The third-order valence-corrected chi connectivity index (χ3v) is 3.60. The standard InChI is InChI=1S/C13H14O3/c1-8(14)13-11(16-13)9-6-4-5-7-10(9)15-12(13,2)3/h4-7,11H,1-3H3. The average Bonchev–Trinajstić information content (AvgIpc) is 2.94. The van der Waals surface area contributed by atoms with Gasteiger partial charge in [0.15, 0.2) is 11.4 Å². The van der Waals surface area contributed by atoms with Crippen molar-refractivity contribution in [1.82, 2.24) is 0 Å². The molecule has 3 nitrogen and oxygen atoms in total. The van der Waals surface area contributed by atoms with Crippen molar-refractivity contribution in [1.29, 1.82) is 0 Å². The van der Waals surface area contributed by atoms with Crippen molar-refractivity contribution in [2.24, 2.45) is 0 Å². The Kier molecular flexibility index (Phi) is 1.64. The average molecular weight is 218 g/mol. The van der Waals surface area contributed by atoms with E-state index in [1.807, 2.05) is 38.1 Å².